The first kappa shape index (κ1) is 20.1. The SMILES string of the molecule is CC[C@@H]1Oc2ccc(CN3CCN(c4cnc(C(=O)NC)cn4)CC3)cc2NC1=O. The number of benzene rings is 1. The molecule has 1 fully saturated rings. The van der Waals surface area contributed by atoms with Crippen molar-refractivity contribution in [2.24, 2.45) is 0 Å². The first-order valence-corrected chi connectivity index (χ1v) is 10.2. The minimum absolute atomic E-state index is 0.0840. The van der Waals surface area contributed by atoms with Gasteiger partial charge in [0.1, 0.15) is 17.3 Å². The van der Waals surface area contributed by atoms with Gasteiger partial charge >= 0.3 is 0 Å². The molecule has 158 valence electrons. The highest BCUT2D eigenvalue weighted by Crippen LogP contribution is 2.31. The van der Waals surface area contributed by atoms with Crippen LogP contribution in [0.3, 0.4) is 0 Å². The average molecular weight is 410 g/mol. The van der Waals surface area contributed by atoms with Crippen LogP contribution in [0.4, 0.5) is 11.5 Å². The molecule has 0 aliphatic carbocycles. The fourth-order valence-corrected chi connectivity index (χ4v) is 3.69. The molecule has 2 aliphatic heterocycles. The van der Waals surface area contributed by atoms with Crippen LogP contribution in [0.25, 0.3) is 0 Å². The molecular weight excluding hydrogens is 384 g/mol. The lowest BCUT2D eigenvalue weighted by molar-refractivity contribution is -0.123. The molecule has 2 aliphatic rings. The Labute approximate surface area is 175 Å². The first-order chi connectivity index (χ1) is 14.6. The van der Waals surface area contributed by atoms with Crippen LogP contribution in [-0.2, 0) is 11.3 Å². The Hall–Kier alpha value is -3.20. The number of aromatic nitrogens is 2. The van der Waals surface area contributed by atoms with Crippen LogP contribution in [0.2, 0.25) is 0 Å². The summed E-state index contributed by atoms with van der Waals surface area (Å²) >= 11 is 0. The lowest BCUT2D eigenvalue weighted by Gasteiger charge is -2.35. The van der Waals surface area contributed by atoms with Crippen LogP contribution >= 0.6 is 0 Å². The fraction of sp³-hybridized carbons (Fsp3) is 0.429. The second-order valence-corrected chi connectivity index (χ2v) is 7.44. The van der Waals surface area contributed by atoms with Crippen molar-refractivity contribution in [3.8, 4) is 5.75 Å². The van der Waals surface area contributed by atoms with Crippen molar-refractivity contribution in [2.45, 2.75) is 26.0 Å². The molecule has 30 heavy (non-hydrogen) atoms. The number of piperazine rings is 1. The molecule has 0 unspecified atom stereocenters. The van der Waals surface area contributed by atoms with Gasteiger partial charge in [0.15, 0.2) is 6.10 Å². The lowest BCUT2D eigenvalue weighted by Crippen LogP contribution is -2.46. The number of rotatable bonds is 5. The van der Waals surface area contributed by atoms with Crippen molar-refractivity contribution in [2.75, 3.05) is 43.4 Å². The van der Waals surface area contributed by atoms with Crippen LogP contribution in [0.1, 0.15) is 29.4 Å². The van der Waals surface area contributed by atoms with Gasteiger partial charge in [0.05, 0.1) is 18.1 Å². The van der Waals surface area contributed by atoms with Gasteiger partial charge in [0, 0.05) is 39.8 Å². The predicted octanol–water partition coefficient (Wildman–Crippen LogP) is 1.27. The van der Waals surface area contributed by atoms with Crippen LogP contribution in [0, 0.1) is 0 Å². The normalized spacial score (nSPS) is 18.9. The summed E-state index contributed by atoms with van der Waals surface area (Å²) in [6.07, 6.45) is 3.39. The van der Waals surface area contributed by atoms with Crippen molar-refractivity contribution in [1.29, 1.82) is 0 Å². The maximum Gasteiger partial charge on any atom is 0.271 e. The quantitative estimate of drug-likeness (QED) is 0.766. The van der Waals surface area contributed by atoms with E-state index in [1.165, 1.54) is 6.20 Å². The van der Waals surface area contributed by atoms with Crippen molar-refractivity contribution >= 4 is 23.3 Å². The summed E-state index contributed by atoms with van der Waals surface area (Å²) in [6.45, 7) is 6.17. The van der Waals surface area contributed by atoms with E-state index >= 15 is 0 Å². The van der Waals surface area contributed by atoms with Crippen LogP contribution in [0.15, 0.2) is 30.6 Å². The van der Waals surface area contributed by atoms with Gasteiger partial charge in [-0.25, -0.2) is 9.97 Å². The molecule has 2 N–H and O–H groups in total. The van der Waals surface area contributed by atoms with Crippen LogP contribution in [-0.4, -0.2) is 66.0 Å². The molecule has 0 spiro atoms. The van der Waals surface area contributed by atoms with Gasteiger partial charge < -0.3 is 20.3 Å². The molecule has 2 amide bonds. The Balaban J connectivity index is 1.34. The van der Waals surface area contributed by atoms with Crippen molar-refractivity contribution < 1.29 is 14.3 Å². The van der Waals surface area contributed by atoms with Crippen LogP contribution in [0.5, 0.6) is 5.75 Å². The third kappa shape index (κ3) is 4.20. The Bertz CT molecular complexity index is 925. The predicted molar refractivity (Wildman–Crippen MR) is 113 cm³/mol. The maximum atomic E-state index is 12.1. The third-order valence-corrected chi connectivity index (χ3v) is 5.43. The summed E-state index contributed by atoms with van der Waals surface area (Å²) in [4.78, 5) is 36.8. The highest BCUT2D eigenvalue weighted by molar-refractivity contribution is 5.97. The van der Waals surface area contributed by atoms with E-state index in [9.17, 15) is 9.59 Å². The average Bonchev–Trinajstić information content (AvgIpc) is 2.78. The van der Waals surface area contributed by atoms with Crippen molar-refractivity contribution in [3.63, 3.8) is 0 Å². The minimum atomic E-state index is -0.412. The van der Waals surface area contributed by atoms with Crippen LogP contribution < -0.4 is 20.3 Å². The molecule has 4 rings (SSSR count). The molecule has 0 bridgehead atoms. The molecule has 0 saturated carbocycles. The number of anilines is 2. The fourth-order valence-electron chi connectivity index (χ4n) is 3.69. The number of carbonyl (C=O) groups excluding carboxylic acids is 2. The molecule has 1 atom stereocenters. The molecular formula is C21H26N6O3. The van der Waals surface area contributed by atoms with E-state index in [-0.39, 0.29) is 11.8 Å². The molecule has 3 heterocycles. The minimum Gasteiger partial charge on any atom is -0.478 e. The van der Waals surface area contributed by atoms with E-state index in [1.807, 2.05) is 19.1 Å². The van der Waals surface area contributed by atoms with Gasteiger partial charge in [-0.1, -0.05) is 13.0 Å². The van der Waals surface area contributed by atoms with Crippen molar-refractivity contribution in [3.05, 3.63) is 41.9 Å². The lowest BCUT2D eigenvalue weighted by atomic mass is 10.1. The summed E-state index contributed by atoms with van der Waals surface area (Å²) in [5.41, 5.74) is 2.19. The number of ether oxygens (including phenoxy) is 1. The van der Waals surface area contributed by atoms with E-state index in [1.54, 1.807) is 13.2 Å². The van der Waals surface area contributed by atoms with Gasteiger partial charge in [-0.05, 0) is 24.1 Å². The van der Waals surface area contributed by atoms with Gasteiger partial charge in [-0.2, -0.15) is 0 Å². The van der Waals surface area contributed by atoms with E-state index in [0.29, 0.717) is 12.1 Å². The molecule has 2 aromatic rings. The topological polar surface area (TPSA) is 99.7 Å². The Kier molecular flexibility index (Phi) is 5.80. The number of hydrogen-bond donors (Lipinski definition) is 2. The number of fused-ring (bicyclic) bond motifs is 1. The molecule has 9 nitrogen and oxygen atoms in total. The summed E-state index contributed by atoms with van der Waals surface area (Å²) in [6, 6.07) is 5.99. The zero-order chi connectivity index (χ0) is 21.1. The van der Waals surface area contributed by atoms with Gasteiger partial charge in [-0.3, -0.25) is 14.5 Å². The number of nitrogens with zero attached hydrogens (tertiary/aromatic N) is 4. The second-order valence-electron chi connectivity index (χ2n) is 7.44. The van der Waals surface area contributed by atoms with Gasteiger partial charge in [-0.15, -0.1) is 0 Å². The summed E-state index contributed by atoms with van der Waals surface area (Å²) < 4.78 is 5.76. The molecule has 1 aromatic heterocycles. The molecule has 0 radical (unpaired) electrons. The highest BCUT2D eigenvalue weighted by atomic mass is 16.5. The zero-order valence-electron chi connectivity index (χ0n) is 17.2. The Morgan fingerprint density at radius 1 is 1.23 bits per heavy atom. The molecule has 9 heteroatoms. The summed E-state index contributed by atoms with van der Waals surface area (Å²) in [5, 5.41) is 5.49. The Morgan fingerprint density at radius 3 is 2.70 bits per heavy atom. The van der Waals surface area contributed by atoms with E-state index in [0.717, 1.165) is 55.5 Å². The second kappa shape index (κ2) is 8.66. The molecule has 1 saturated heterocycles. The number of nitrogens with one attached hydrogen (secondary N) is 2. The standard InChI is InChI=1S/C21H26N6O3/c1-3-17-21(29)25-15-10-14(4-5-18(15)30-17)13-26-6-8-27(9-7-26)19-12-23-16(11-24-19)20(28)22-2/h4-5,10-12,17H,3,6-9,13H2,1-2H3,(H,22,28)(H,25,29)/t17-/m0/s1. The Morgan fingerprint density at radius 2 is 2.03 bits per heavy atom. The number of amides is 2. The third-order valence-electron chi connectivity index (χ3n) is 5.43. The van der Waals surface area contributed by atoms with E-state index < -0.39 is 6.10 Å². The largest absolute Gasteiger partial charge is 0.478 e. The van der Waals surface area contributed by atoms with Crippen molar-refractivity contribution in [1.82, 2.24) is 20.2 Å². The van der Waals surface area contributed by atoms with Gasteiger partial charge in [0.25, 0.3) is 11.8 Å². The highest BCUT2D eigenvalue weighted by Gasteiger charge is 2.26. The summed E-state index contributed by atoms with van der Waals surface area (Å²) in [5.74, 6) is 1.19. The van der Waals surface area contributed by atoms with Gasteiger partial charge in [0.2, 0.25) is 0 Å². The summed E-state index contributed by atoms with van der Waals surface area (Å²) in [7, 11) is 1.57. The first-order valence-electron chi connectivity index (χ1n) is 10.2. The number of hydrogen-bond acceptors (Lipinski definition) is 7. The maximum absolute atomic E-state index is 12.1. The molecule has 1 aromatic carbocycles. The monoisotopic (exact) mass is 410 g/mol. The van der Waals surface area contributed by atoms with E-state index in [2.05, 4.69) is 36.5 Å². The van der Waals surface area contributed by atoms with E-state index in [4.69, 9.17) is 4.74 Å². The smallest absolute Gasteiger partial charge is 0.271 e. The number of carbonyl (C=O) groups is 2. The zero-order valence-corrected chi connectivity index (χ0v) is 17.2.